The third kappa shape index (κ3) is 3.07. The Balaban J connectivity index is 1.95. The van der Waals surface area contributed by atoms with Gasteiger partial charge in [-0.1, -0.05) is 38.5 Å². The Morgan fingerprint density at radius 1 is 1.08 bits per heavy atom. The van der Waals surface area contributed by atoms with Crippen molar-refractivity contribution in [2.75, 3.05) is 32.7 Å². The number of aromatic nitrogens is 1. The second-order valence-corrected chi connectivity index (χ2v) is 6.72. The van der Waals surface area contributed by atoms with Crippen molar-refractivity contribution >= 4 is 16.8 Å². The molecule has 0 saturated carbocycles. The van der Waals surface area contributed by atoms with Gasteiger partial charge in [-0.25, -0.2) is 0 Å². The van der Waals surface area contributed by atoms with Crippen molar-refractivity contribution in [1.82, 2.24) is 14.4 Å². The van der Waals surface area contributed by atoms with Gasteiger partial charge in [-0.2, -0.15) is 0 Å². The molecule has 1 saturated heterocycles. The van der Waals surface area contributed by atoms with Crippen LogP contribution in [0.25, 0.3) is 10.9 Å². The molecule has 1 aromatic heterocycles. The highest BCUT2D eigenvalue weighted by molar-refractivity contribution is 6.01. The number of carbonyl (C=O) groups excluding carboxylic acids is 1. The zero-order valence-electron chi connectivity index (χ0n) is 15.2. The molecule has 4 heteroatoms. The number of carbonyl (C=O) groups is 1. The number of likely N-dealkylation sites (N-methyl/N-ethyl adjacent to an activating group) is 1. The molecule has 24 heavy (non-hydrogen) atoms. The Bertz CT molecular complexity index is 711. The first-order chi connectivity index (χ1) is 11.7. The van der Waals surface area contributed by atoms with Crippen molar-refractivity contribution < 1.29 is 4.79 Å². The van der Waals surface area contributed by atoms with E-state index in [4.69, 9.17) is 0 Å². The van der Waals surface area contributed by atoms with Crippen LogP contribution in [0.2, 0.25) is 0 Å². The summed E-state index contributed by atoms with van der Waals surface area (Å²) in [6.45, 7) is 12.1. The molecule has 0 atom stereocenters. The number of para-hydroxylation sites is 1. The van der Waals surface area contributed by atoms with E-state index in [1.54, 1.807) is 0 Å². The minimum atomic E-state index is 0.204. The van der Waals surface area contributed by atoms with Gasteiger partial charge in [0.05, 0.1) is 0 Å². The monoisotopic (exact) mass is 327 g/mol. The lowest BCUT2D eigenvalue weighted by atomic mass is 10.1. The minimum absolute atomic E-state index is 0.204. The molecular weight excluding hydrogens is 298 g/mol. The van der Waals surface area contributed by atoms with Gasteiger partial charge in [0.2, 0.25) is 0 Å². The number of aryl methyl sites for hydroxylation is 2. The molecule has 0 bridgehead atoms. The van der Waals surface area contributed by atoms with Gasteiger partial charge in [0, 0.05) is 43.6 Å². The maximum Gasteiger partial charge on any atom is 0.270 e. The predicted molar refractivity (Wildman–Crippen MR) is 99.6 cm³/mol. The fourth-order valence-electron chi connectivity index (χ4n) is 3.72. The highest BCUT2D eigenvalue weighted by Gasteiger charge is 2.26. The molecular formula is C20H29N3O. The average Bonchev–Trinajstić information content (AvgIpc) is 2.92. The van der Waals surface area contributed by atoms with Crippen LogP contribution in [0.1, 0.15) is 42.7 Å². The molecule has 130 valence electrons. The van der Waals surface area contributed by atoms with E-state index in [-0.39, 0.29) is 5.91 Å². The van der Waals surface area contributed by atoms with Gasteiger partial charge in [-0.3, -0.25) is 4.79 Å². The highest BCUT2D eigenvalue weighted by atomic mass is 16.2. The number of piperazine rings is 1. The van der Waals surface area contributed by atoms with Crippen LogP contribution in [0.5, 0.6) is 0 Å². The first kappa shape index (κ1) is 17.0. The van der Waals surface area contributed by atoms with Crippen molar-refractivity contribution in [2.45, 2.75) is 40.2 Å². The minimum Gasteiger partial charge on any atom is -0.336 e. The summed E-state index contributed by atoms with van der Waals surface area (Å²) >= 11 is 0. The highest BCUT2D eigenvalue weighted by Crippen LogP contribution is 2.27. The van der Waals surface area contributed by atoms with Crippen LogP contribution < -0.4 is 0 Å². The van der Waals surface area contributed by atoms with Crippen molar-refractivity contribution in [3.05, 3.63) is 35.5 Å². The smallest absolute Gasteiger partial charge is 0.270 e. The largest absolute Gasteiger partial charge is 0.336 e. The van der Waals surface area contributed by atoms with Crippen molar-refractivity contribution in [1.29, 1.82) is 0 Å². The van der Waals surface area contributed by atoms with Crippen LogP contribution in [-0.2, 0) is 6.54 Å². The lowest BCUT2D eigenvalue weighted by Gasteiger charge is -2.34. The topological polar surface area (TPSA) is 28.5 Å². The normalized spacial score (nSPS) is 16.0. The third-order valence-corrected chi connectivity index (χ3v) is 5.27. The quantitative estimate of drug-likeness (QED) is 0.840. The molecule has 0 spiro atoms. The molecule has 0 N–H and O–H groups in total. The molecule has 0 aliphatic carbocycles. The Morgan fingerprint density at radius 2 is 1.79 bits per heavy atom. The summed E-state index contributed by atoms with van der Waals surface area (Å²) in [5.74, 6) is 0.204. The van der Waals surface area contributed by atoms with Crippen molar-refractivity contribution in [3.8, 4) is 0 Å². The van der Waals surface area contributed by atoms with E-state index < -0.39 is 0 Å². The number of amides is 1. The van der Waals surface area contributed by atoms with Gasteiger partial charge in [0.1, 0.15) is 5.69 Å². The Kier molecular flexibility index (Phi) is 5.24. The summed E-state index contributed by atoms with van der Waals surface area (Å²) in [6.07, 6.45) is 2.23. The summed E-state index contributed by atoms with van der Waals surface area (Å²) in [7, 11) is 0. The van der Waals surface area contributed by atoms with E-state index in [1.165, 1.54) is 10.9 Å². The molecule has 0 radical (unpaired) electrons. The number of hydrogen-bond donors (Lipinski definition) is 0. The summed E-state index contributed by atoms with van der Waals surface area (Å²) in [6, 6.07) is 8.41. The van der Waals surface area contributed by atoms with Crippen LogP contribution in [0, 0.1) is 6.92 Å². The number of rotatable bonds is 5. The Labute approximate surface area is 145 Å². The number of benzene rings is 1. The molecule has 1 amide bonds. The Hall–Kier alpha value is -1.81. The van der Waals surface area contributed by atoms with E-state index in [0.29, 0.717) is 0 Å². The van der Waals surface area contributed by atoms with E-state index >= 15 is 0 Å². The molecule has 0 unspecified atom stereocenters. The van der Waals surface area contributed by atoms with Crippen molar-refractivity contribution in [2.24, 2.45) is 0 Å². The summed E-state index contributed by atoms with van der Waals surface area (Å²) in [4.78, 5) is 17.7. The third-order valence-electron chi connectivity index (χ3n) is 5.27. The van der Waals surface area contributed by atoms with E-state index in [0.717, 1.165) is 63.4 Å². The first-order valence-corrected chi connectivity index (χ1v) is 9.26. The van der Waals surface area contributed by atoms with Gasteiger partial charge in [0.25, 0.3) is 5.91 Å². The molecule has 3 rings (SSSR count). The van der Waals surface area contributed by atoms with Crippen LogP contribution in [0.15, 0.2) is 24.3 Å². The first-order valence-electron chi connectivity index (χ1n) is 9.26. The van der Waals surface area contributed by atoms with Crippen LogP contribution >= 0.6 is 0 Å². The average molecular weight is 327 g/mol. The number of unbranched alkanes of at least 4 members (excludes halogenated alkanes) is 1. The lowest BCUT2D eigenvalue weighted by molar-refractivity contribution is 0.0632. The fraction of sp³-hybridized carbons (Fsp3) is 0.550. The number of nitrogens with zero attached hydrogens (tertiary/aromatic N) is 3. The van der Waals surface area contributed by atoms with Gasteiger partial charge in [-0.05, 0) is 31.5 Å². The van der Waals surface area contributed by atoms with Crippen LogP contribution in [0.4, 0.5) is 0 Å². The van der Waals surface area contributed by atoms with Gasteiger partial charge in [0.15, 0.2) is 0 Å². The predicted octanol–water partition coefficient (Wildman–Crippen LogP) is 3.53. The van der Waals surface area contributed by atoms with Gasteiger partial charge in [-0.15, -0.1) is 0 Å². The second kappa shape index (κ2) is 7.39. The van der Waals surface area contributed by atoms with Crippen molar-refractivity contribution in [3.63, 3.8) is 0 Å². The van der Waals surface area contributed by atoms with E-state index in [9.17, 15) is 4.79 Å². The van der Waals surface area contributed by atoms with Crippen LogP contribution in [-0.4, -0.2) is 53.0 Å². The number of hydrogen-bond acceptors (Lipinski definition) is 2. The number of fused-ring (bicyclic) bond motifs is 1. The standard InChI is InChI=1S/C20H29N3O/c1-4-6-11-23-18-10-8-7-9-17(18)16(3)19(23)20(24)22-14-12-21(5-2)13-15-22/h7-10H,4-6,11-15H2,1-3H3. The molecule has 4 nitrogen and oxygen atoms in total. The van der Waals surface area contributed by atoms with Gasteiger partial charge < -0.3 is 14.4 Å². The SMILES string of the molecule is CCCCn1c(C(=O)N2CCN(CC)CC2)c(C)c2ccccc21. The molecule has 1 aromatic carbocycles. The fourth-order valence-corrected chi connectivity index (χ4v) is 3.72. The molecule has 2 heterocycles. The lowest BCUT2D eigenvalue weighted by Crippen LogP contribution is -2.49. The molecule has 1 aliphatic heterocycles. The zero-order valence-corrected chi connectivity index (χ0v) is 15.2. The summed E-state index contributed by atoms with van der Waals surface area (Å²) < 4.78 is 2.25. The second-order valence-electron chi connectivity index (χ2n) is 6.72. The summed E-state index contributed by atoms with van der Waals surface area (Å²) in [5.41, 5.74) is 3.22. The molecule has 1 aliphatic rings. The van der Waals surface area contributed by atoms with Crippen LogP contribution in [0.3, 0.4) is 0 Å². The van der Waals surface area contributed by atoms with E-state index in [2.05, 4.69) is 54.5 Å². The van der Waals surface area contributed by atoms with E-state index in [1.807, 2.05) is 4.90 Å². The molecule has 2 aromatic rings. The maximum atomic E-state index is 13.3. The van der Waals surface area contributed by atoms with Gasteiger partial charge >= 0.3 is 0 Å². The zero-order chi connectivity index (χ0) is 17.1. The Morgan fingerprint density at radius 3 is 2.46 bits per heavy atom. The molecule has 1 fully saturated rings. The maximum absolute atomic E-state index is 13.3. The summed E-state index contributed by atoms with van der Waals surface area (Å²) in [5, 5.41) is 1.21.